The van der Waals surface area contributed by atoms with Crippen LogP contribution in [0.15, 0.2) is 42.0 Å². The van der Waals surface area contributed by atoms with Gasteiger partial charge >= 0.3 is 0 Å². The minimum atomic E-state index is 0.833. The molecule has 0 N–H and O–H groups in total. The van der Waals surface area contributed by atoms with Gasteiger partial charge in [-0.3, -0.25) is 0 Å². The zero-order valence-electron chi connectivity index (χ0n) is 17.0. The third-order valence-corrected chi connectivity index (χ3v) is 6.43. The van der Waals surface area contributed by atoms with Crippen LogP contribution in [-0.4, -0.2) is 0 Å². The van der Waals surface area contributed by atoms with Crippen molar-refractivity contribution < 1.29 is 0 Å². The predicted octanol–water partition coefficient (Wildman–Crippen LogP) is 7.98. The summed E-state index contributed by atoms with van der Waals surface area (Å²) < 4.78 is 0. The molecule has 1 aromatic rings. The highest BCUT2D eigenvalue weighted by molar-refractivity contribution is 5.15. The first-order chi connectivity index (χ1) is 12.2. The molecule has 0 fully saturated rings. The largest absolute Gasteiger partial charge is 0.0848 e. The van der Waals surface area contributed by atoms with E-state index in [2.05, 4.69) is 57.2 Å². The van der Waals surface area contributed by atoms with Crippen molar-refractivity contribution in [1.29, 1.82) is 0 Å². The maximum Gasteiger partial charge on any atom is -0.0206 e. The first-order valence-corrected chi connectivity index (χ1v) is 11.0. The zero-order chi connectivity index (χ0) is 17.9. The molecule has 3 atom stereocenters. The van der Waals surface area contributed by atoms with Crippen LogP contribution >= 0.6 is 0 Å². The number of unbranched alkanes of at least 4 members (excludes halogenated alkanes) is 2. The fourth-order valence-corrected chi connectivity index (χ4v) is 4.56. The standard InChI is InChI=1S/C25H40/c1-4-6-8-12-21(3)24-17-19-25(20-18-24)23(5-2)16-11-15-22-13-9-7-10-14-22/h7,9-10,13-14,19,21,23-24H,4-6,8,11-12,15-18,20H2,1-3H3. The molecule has 1 aliphatic carbocycles. The van der Waals surface area contributed by atoms with Crippen molar-refractivity contribution in [2.24, 2.45) is 17.8 Å². The van der Waals surface area contributed by atoms with Crippen molar-refractivity contribution in [2.45, 2.75) is 91.4 Å². The van der Waals surface area contributed by atoms with Crippen LogP contribution in [0.1, 0.15) is 90.5 Å². The minimum absolute atomic E-state index is 0.833. The summed E-state index contributed by atoms with van der Waals surface area (Å²) in [7, 11) is 0. The van der Waals surface area contributed by atoms with E-state index in [1.165, 1.54) is 76.2 Å². The van der Waals surface area contributed by atoms with Gasteiger partial charge in [0, 0.05) is 0 Å². The maximum absolute atomic E-state index is 2.64. The van der Waals surface area contributed by atoms with Gasteiger partial charge in [0.2, 0.25) is 0 Å². The Labute approximate surface area is 157 Å². The van der Waals surface area contributed by atoms with E-state index in [1.54, 1.807) is 5.57 Å². The van der Waals surface area contributed by atoms with Crippen molar-refractivity contribution >= 4 is 0 Å². The van der Waals surface area contributed by atoms with Crippen LogP contribution in [-0.2, 0) is 6.42 Å². The molecule has 0 nitrogen and oxygen atoms in total. The zero-order valence-corrected chi connectivity index (χ0v) is 17.0. The van der Waals surface area contributed by atoms with Gasteiger partial charge in [-0.2, -0.15) is 0 Å². The summed E-state index contributed by atoms with van der Waals surface area (Å²) in [4.78, 5) is 0. The van der Waals surface area contributed by atoms with Crippen molar-refractivity contribution in [2.75, 3.05) is 0 Å². The highest BCUT2D eigenvalue weighted by atomic mass is 14.3. The summed E-state index contributed by atoms with van der Waals surface area (Å²) in [6.07, 6.45) is 17.7. The van der Waals surface area contributed by atoms with Gasteiger partial charge in [-0.15, -0.1) is 0 Å². The van der Waals surface area contributed by atoms with Crippen LogP contribution in [0.4, 0.5) is 0 Å². The van der Waals surface area contributed by atoms with E-state index in [0.29, 0.717) is 0 Å². The minimum Gasteiger partial charge on any atom is -0.0848 e. The molecule has 2 rings (SSSR count). The summed E-state index contributed by atoms with van der Waals surface area (Å²) in [6.45, 7) is 7.19. The van der Waals surface area contributed by atoms with E-state index in [9.17, 15) is 0 Å². The molecular formula is C25H40. The molecule has 0 aromatic heterocycles. The van der Waals surface area contributed by atoms with Crippen molar-refractivity contribution in [1.82, 2.24) is 0 Å². The Morgan fingerprint density at radius 2 is 1.80 bits per heavy atom. The highest BCUT2D eigenvalue weighted by Gasteiger charge is 2.23. The SMILES string of the molecule is CCCCCC(C)C1CC=C(C(CC)CCCc2ccccc2)CC1. The molecular weight excluding hydrogens is 300 g/mol. The lowest BCUT2D eigenvalue weighted by Gasteiger charge is -2.30. The maximum atomic E-state index is 2.64. The molecule has 3 unspecified atom stereocenters. The lowest BCUT2D eigenvalue weighted by molar-refractivity contribution is 0.294. The van der Waals surface area contributed by atoms with E-state index >= 15 is 0 Å². The molecule has 0 heterocycles. The Bertz CT molecular complexity index is 484. The molecule has 0 aliphatic heterocycles. The van der Waals surface area contributed by atoms with E-state index < -0.39 is 0 Å². The topological polar surface area (TPSA) is 0 Å². The quantitative estimate of drug-likeness (QED) is 0.283. The van der Waals surface area contributed by atoms with Gasteiger partial charge in [-0.25, -0.2) is 0 Å². The fourth-order valence-electron chi connectivity index (χ4n) is 4.56. The number of rotatable bonds is 11. The average Bonchev–Trinajstić information content (AvgIpc) is 2.66. The van der Waals surface area contributed by atoms with Crippen LogP contribution in [0, 0.1) is 17.8 Å². The smallest absolute Gasteiger partial charge is 0.0206 e. The van der Waals surface area contributed by atoms with E-state index in [-0.39, 0.29) is 0 Å². The lowest BCUT2D eigenvalue weighted by atomic mass is 9.75. The van der Waals surface area contributed by atoms with Gasteiger partial charge in [0.1, 0.15) is 0 Å². The van der Waals surface area contributed by atoms with Gasteiger partial charge < -0.3 is 0 Å². The monoisotopic (exact) mass is 340 g/mol. The summed E-state index contributed by atoms with van der Waals surface area (Å²) >= 11 is 0. The number of hydrogen-bond acceptors (Lipinski definition) is 0. The van der Waals surface area contributed by atoms with Gasteiger partial charge in [0.05, 0.1) is 0 Å². The van der Waals surface area contributed by atoms with E-state index in [0.717, 1.165) is 17.8 Å². The second-order valence-corrected chi connectivity index (χ2v) is 8.27. The number of benzene rings is 1. The number of allylic oxidation sites excluding steroid dienone is 2. The Balaban J connectivity index is 1.75. The molecule has 0 saturated carbocycles. The summed E-state index contributed by atoms with van der Waals surface area (Å²) in [5.41, 5.74) is 3.28. The van der Waals surface area contributed by atoms with Gasteiger partial charge in [-0.1, -0.05) is 88.4 Å². The van der Waals surface area contributed by atoms with Crippen molar-refractivity contribution in [3.63, 3.8) is 0 Å². The van der Waals surface area contributed by atoms with Gasteiger partial charge in [0.25, 0.3) is 0 Å². The fraction of sp³-hybridized carbons (Fsp3) is 0.680. The average molecular weight is 341 g/mol. The normalized spacial score (nSPS) is 20.1. The van der Waals surface area contributed by atoms with Crippen LogP contribution in [0.3, 0.4) is 0 Å². The molecule has 0 amide bonds. The molecule has 140 valence electrons. The Kier molecular flexibility index (Phi) is 9.37. The molecule has 0 bridgehead atoms. The van der Waals surface area contributed by atoms with Gasteiger partial charge in [-0.05, 0) is 68.3 Å². The van der Waals surface area contributed by atoms with E-state index in [4.69, 9.17) is 0 Å². The number of hydrogen-bond donors (Lipinski definition) is 0. The molecule has 1 aliphatic rings. The Hall–Kier alpha value is -1.04. The Morgan fingerprint density at radius 1 is 1.00 bits per heavy atom. The third-order valence-electron chi connectivity index (χ3n) is 6.43. The second kappa shape index (κ2) is 11.6. The molecule has 0 heteroatoms. The summed E-state index contributed by atoms with van der Waals surface area (Å²) in [6, 6.07) is 11.0. The molecule has 25 heavy (non-hydrogen) atoms. The van der Waals surface area contributed by atoms with Crippen molar-refractivity contribution in [3.8, 4) is 0 Å². The third kappa shape index (κ3) is 7.00. The highest BCUT2D eigenvalue weighted by Crippen LogP contribution is 2.36. The number of aryl methyl sites for hydroxylation is 1. The Morgan fingerprint density at radius 3 is 2.44 bits per heavy atom. The van der Waals surface area contributed by atoms with Crippen LogP contribution in [0.25, 0.3) is 0 Å². The summed E-state index contributed by atoms with van der Waals surface area (Å²) in [5, 5.41) is 0. The molecule has 1 aromatic carbocycles. The first kappa shape index (κ1) is 20.3. The molecule has 0 saturated heterocycles. The van der Waals surface area contributed by atoms with Crippen LogP contribution in [0.2, 0.25) is 0 Å². The van der Waals surface area contributed by atoms with Gasteiger partial charge in [0.15, 0.2) is 0 Å². The lowest BCUT2D eigenvalue weighted by Crippen LogP contribution is -2.17. The van der Waals surface area contributed by atoms with Crippen LogP contribution < -0.4 is 0 Å². The predicted molar refractivity (Wildman–Crippen MR) is 112 cm³/mol. The summed E-state index contributed by atoms with van der Waals surface area (Å²) in [5.74, 6) is 2.70. The van der Waals surface area contributed by atoms with E-state index in [1.807, 2.05) is 0 Å². The first-order valence-electron chi connectivity index (χ1n) is 11.0. The second-order valence-electron chi connectivity index (χ2n) is 8.27. The van der Waals surface area contributed by atoms with Crippen molar-refractivity contribution in [3.05, 3.63) is 47.5 Å². The van der Waals surface area contributed by atoms with Crippen LogP contribution in [0.5, 0.6) is 0 Å². The molecule has 0 radical (unpaired) electrons. The molecule has 0 spiro atoms.